The fraction of sp³-hybridized carbons (Fsp3) is 0.727. The molecule has 0 heterocycles. The summed E-state index contributed by atoms with van der Waals surface area (Å²) in [4.78, 5) is 4.27. The zero-order chi connectivity index (χ0) is 10.8. The molecule has 80 valence electrons. The monoisotopic (exact) mass is 298 g/mol. The molecule has 0 saturated carbocycles. The molecule has 0 aliphatic carbocycles. The molecule has 0 atom stereocenters. The van der Waals surface area contributed by atoms with Crippen molar-refractivity contribution in [2.24, 2.45) is 4.99 Å². The Morgan fingerprint density at radius 2 is 1.93 bits per heavy atom. The van der Waals surface area contributed by atoms with Crippen LogP contribution in [-0.4, -0.2) is 43.9 Å². The number of allylic oxidation sites excluding steroid dienone is 1. The van der Waals surface area contributed by atoms with Crippen LogP contribution in [-0.2, 0) is 0 Å². The third-order valence-corrected chi connectivity index (χ3v) is 6.98. The van der Waals surface area contributed by atoms with Crippen molar-refractivity contribution in [1.29, 1.82) is 0 Å². The predicted octanol–water partition coefficient (Wildman–Crippen LogP) is 2.94. The number of rotatable bonds is 7. The molecule has 0 aromatic carbocycles. The first-order chi connectivity index (χ1) is 6.72. The van der Waals surface area contributed by atoms with Crippen LogP contribution < -0.4 is 0 Å². The van der Waals surface area contributed by atoms with Crippen molar-refractivity contribution in [3.05, 3.63) is 12.3 Å². The number of aliphatic imine (C=N–C) groups is 1. The average molecular weight is 298 g/mol. The first-order valence-electron chi connectivity index (χ1n) is 5.64. The minimum absolute atomic E-state index is 0.947. The molecule has 0 radical (unpaired) electrons. The van der Waals surface area contributed by atoms with Crippen LogP contribution in [0.3, 0.4) is 0 Å². The van der Waals surface area contributed by atoms with Crippen molar-refractivity contribution in [3.8, 4) is 0 Å². The molecule has 0 spiro atoms. The summed E-state index contributed by atoms with van der Waals surface area (Å²) in [5, 5.41) is 0. The summed E-state index contributed by atoms with van der Waals surface area (Å²) in [7, 11) is 0. The molecule has 3 heteroatoms. The second kappa shape index (κ2) is 9.63. The van der Waals surface area contributed by atoms with Crippen LogP contribution >= 0.6 is 0 Å². The first kappa shape index (κ1) is 14.1. The van der Waals surface area contributed by atoms with Gasteiger partial charge < -0.3 is 0 Å². The van der Waals surface area contributed by atoms with Gasteiger partial charge in [-0.1, -0.05) is 0 Å². The molecule has 0 fully saturated rings. The van der Waals surface area contributed by atoms with E-state index in [1.54, 1.807) is 0 Å². The number of hydrogen-bond acceptors (Lipinski definition) is 2. The van der Waals surface area contributed by atoms with Crippen LogP contribution in [0.1, 0.15) is 26.7 Å². The molecular formula is C11H23InN2. The summed E-state index contributed by atoms with van der Waals surface area (Å²) in [6.07, 6.45) is 8.62. The summed E-state index contributed by atoms with van der Waals surface area (Å²) in [5.41, 5.74) is 0. The maximum absolute atomic E-state index is 4.27. The summed E-state index contributed by atoms with van der Waals surface area (Å²) in [5.74, 6) is 0. The second-order valence-electron chi connectivity index (χ2n) is 3.73. The Kier molecular flexibility index (Phi) is 9.68. The SMILES string of the molecule is CCCN=C/C=C\[N](CCC)[In]([CH3])[CH3]. The Bertz CT molecular complexity index is 176. The third-order valence-electron chi connectivity index (χ3n) is 1.97. The van der Waals surface area contributed by atoms with Gasteiger partial charge in [0.25, 0.3) is 0 Å². The average Bonchev–Trinajstić information content (AvgIpc) is 2.15. The molecule has 0 aliphatic heterocycles. The van der Waals surface area contributed by atoms with Crippen LogP contribution in [0.15, 0.2) is 17.3 Å². The molecule has 2 nitrogen and oxygen atoms in total. The quantitative estimate of drug-likeness (QED) is 0.660. The molecule has 0 saturated heterocycles. The van der Waals surface area contributed by atoms with Gasteiger partial charge in [0.2, 0.25) is 0 Å². The molecule has 0 aromatic rings. The van der Waals surface area contributed by atoms with E-state index >= 15 is 0 Å². The van der Waals surface area contributed by atoms with Crippen LogP contribution in [0.5, 0.6) is 0 Å². The standard InChI is InChI=1S/C9H17N2.2CH3.In/c1-3-6-10-8-5-9-11-7-4-2;;;/h5,8-9H,3-4,6-7H2,1-2H3;2*1H3;/q-1;;;+1/b8-5-,11-9?;;;. The van der Waals surface area contributed by atoms with Crippen molar-refractivity contribution in [2.45, 2.75) is 36.0 Å². The zero-order valence-corrected chi connectivity index (χ0v) is 13.3. The molecule has 0 rings (SSSR count). The fourth-order valence-electron chi connectivity index (χ4n) is 1.18. The molecule has 0 aromatic heterocycles. The Hall–Kier alpha value is 0.0801. The van der Waals surface area contributed by atoms with Crippen molar-refractivity contribution < 1.29 is 0 Å². The van der Waals surface area contributed by atoms with Crippen LogP contribution in [0.4, 0.5) is 0 Å². The topological polar surface area (TPSA) is 15.6 Å². The van der Waals surface area contributed by atoms with Gasteiger partial charge in [0.1, 0.15) is 0 Å². The molecular weight excluding hydrogens is 275 g/mol. The zero-order valence-electron chi connectivity index (χ0n) is 10.0. The third kappa shape index (κ3) is 7.48. The van der Waals surface area contributed by atoms with Crippen molar-refractivity contribution in [1.82, 2.24) is 2.89 Å². The Balaban J connectivity index is 3.89. The summed E-state index contributed by atoms with van der Waals surface area (Å²) in [6.45, 7) is 6.55. The predicted molar refractivity (Wildman–Crippen MR) is 67.3 cm³/mol. The summed E-state index contributed by atoms with van der Waals surface area (Å²) >= 11 is -1.32. The van der Waals surface area contributed by atoms with Gasteiger partial charge in [-0.15, -0.1) is 0 Å². The van der Waals surface area contributed by atoms with E-state index in [9.17, 15) is 0 Å². The fourth-order valence-corrected chi connectivity index (χ4v) is 4.65. The number of hydrogen-bond donors (Lipinski definition) is 0. The van der Waals surface area contributed by atoms with E-state index in [-0.39, 0.29) is 0 Å². The van der Waals surface area contributed by atoms with E-state index in [0.717, 1.165) is 13.0 Å². The molecule has 0 unspecified atom stereocenters. The molecule has 0 N–H and O–H groups in total. The van der Waals surface area contributed by atoms with E-state index < -0.39 is 21.7 Å². The van der Waals surface area contributed by atoms with Crippen molar-refractivity contribution in [3.63, 3.8) is 0 Å². The molecule has 14 heavy (non-hydrogen) atoms. The molecule has 0 bridgehead atoms. The van der Waals surface area contributed by atoms with Gasteiger partial charge >= 0.3 is 97.2 Å². The minimum atomic E-state index is -1.32. The van der Waals surface area contributed by atoms with Crippen LogP contribution in [0.2, 0.25) is 9.36 Å². The molecule has 0 amide bonds. The summed E-state index contributed by atoms with van der Waals surface area (Å²) < 4.78 is 7.38. The van der Waals surface area contributed by atoms with Gasteiger partial charge in [0.05, 0.1) is 0 Å². The number of nitrogens with zero attached hydrogens (tertiary/aromatic N) is 2. The molecule has 0 aliphatic rings. The van der Waals surface area contributed by atoms with Crippen molar-refractivity contribution >= 4 is 27.9 Å². The van der Waals surface area contributed by atoms with Gasteiger partial charge in [0.15, 0.2) is 0 Å². The van der Waals surface area contributed by atoms with Gasteiger partial charge in [-0.3, -0.25) is 0 Å². The normalized spacial score (nSPS) is 11.4. The Morgan fingerprint density at radius 1 is 1.21 bits per heavy atom. The van der Waals surface area contributed by atoms with Gasteiger partial charge in [-0.2, -0.15) is 0 Å². The van der Waals surface area contributed by atoms with Crippen molar-refractivity contribution in [2.75, 3.05) is 13.1 Å². The Morgan fingerprint density at radius 3 is 2.43 bits per heavy atom. The first-order valence-corrected chi connectivity index (χ1v) is 13.7. The van der Waals surface area contributed by atoms with Crippen LogP contribution in [0.25, 0.3) is 0 Å². The van der Waals surface area contributed by atoms with Gasteiger partial charge in [-0.05, 0) is 0 Å². The van der Waals surface area contributed by atoms with E-state index in [2.05, 4.69) is 43.4 Å². The maximum atomic E-state index is 4.27. The van der Waals surface area contributed by atoms with E-state index in [0.29, 0.717) is 0 Å². The van der Waals surface area contributed by atoms with E-state index in [1.807, 2.05) is 6.21 Å². The van der Waals surface area contributed by atoms with Gasteiger partial charge in [0, 0.05) is 0 Å². The van der Waals surface area contributed by atoms with E-state index in [4.69, 9.17) is 0 Å². The Labute approximate surface area is 97.0 Å². The summed E-state index contributed by atoms with van der Waals surface area (Å²) in [6, 6.07) is 0. The van der Waals surface area contributed by atoms with E-state index in [1.165, 1.54) is 13.0 Å². The van der Waals surface area contributed by atoms with Crippen LogP contribution in [0, 0.1) is 0 Å². The second-order valence-corrected chi connectivity index (χ2v) is 11.9. The van der Waals surface area contributed by atoms with Gasteiger partial charge in [-0.25, -0.2) is 0 Å².